The standard InChI is InChI=1S/C25H29NO2/c1-17-23-24(27)21-11-10-20(28-16-19-6-4-3-5-7-19)14-22(21)25(17,2)12-13-26(23)15-18-8-9-18/h3-7,10-11,14,17-18,23H,8-9,12-13,15-16H2,1-2H3. The number of ether oxygens (including phenoxy) is 1. The van der Waals surface area contributed by atoms with Crippen LogP contribution in [0.25, 0.3) is 0 Å². The van der Waals surface area contributed by atoms with E-state index in [0.717, 1.165) is 42.3 Å². The van der Waals surface area contributed by atoms with Crippen LogP contribution in [0.3, 0.4) is 0 Å². The van der Waals surface area contributed by atoms with E-state index in [0.29, 0.717) is 18.3 Å². The molecule has 0 N–H and O–H groups in total. The average molecular weight is 376 g/mol. The van der Waals surface area contributed by atoms with E-state index in [1.54, 1.807) is 0 Å². The summed E-state index contributed by atoms with van der Waals surface area (Å²) in [5.74, 6) is 2.33. The predicted octanol–water partition coefficient (Wildman–Crippen LogP) is 4.84. The molecule has 2 bridgehead atoms. The Labute approximate surface area is 167 Å². The number of likely N-dealkylation sites (tertiary alicyclic amines) is 1. The maximum atomic E-state index is 13.4. The molecular formula is C25H29NO2. The van der Waals surface area contributed by atoms with Crippen molar-refractivity contribution >= 4 is 5.78 Å². The number of carbonyl (C=O) groups is 1. The molecule has 2 aromatic rings. The maximum absolute atomic E-state index is 13.4. The minimum atomic E-state index is 0.0417. The number of hydrogen-bond donors (Lipinski definition) is 0. The zero-order valence-electron chi connectivity index (χ0n) is 16.9. The van der Waals surface area contributed by atoms with Gasteiger partial charge in [0.15, 0.2) is 5.78 Å². The molecule has 1 saturated heterocycles. The first-order chi connectivity index (χ1) is 13.6. The Morgan fingerprint density at radius 3 is 2.68 bits per heavy atom. The molecule has 2 aromatic carbocycles. The molecule has 5 rings (SSSR count). The van der Waals surface area contributed by atoms with Gasteiger partial charge in [-0.15, -0.1) is 0 Å². The van der Waals surface area contributed by atoms with E-state index in [-0.39, 0.29) is 11.5 Å². The summed E-state index contributed by atoms with van der Waals surface area (Å²) < 4.78 is 6.07. The van der Waals surface area contributed by atoms with Gasteiger partial charge in [0.25, 0.3) is 0 Å². The lowest BCUT2D eigenvalue weighted by Gasteiger charge is -2.53. The Hall–Kier alpha value is -2.13. The van der Waals surface area contributed by atoms with E-state index >= 15 is 0 Å². The molecule has 3 heteroatoms. The van der Waals surface area contributed by atoms with Gasteiger partial charge in [-0.2, -0.15) is 0 Å². The zero-order valence-corrected chi connectivity index (χ0v) is 16.9. The largest absolute Gasteiger partial charge is 0.489 e. The normalized spacial score (nSPS) is 29.4. The molecule has 0 spiro atoms. The molecule has 3 nitrogen and oxygen atoms in total. The first-order valence-electron chi connectivity index (χ1n) is 10.7. The van der Waals surface area contributed by atoms with Crippen molar-refractivity contribution in [2.45, 2.75) is 51.2 Å². The summed E-state index contributed by atoms with van der Waals surface area (Å²) in [6, 6.07) is 16.4. The fraction of sp³-hybridized carbons (Fsp3) is 0.480. The molecule has 1 saturated carbocycles. The summed E-state index contributed by atoms with van der Waals surface area (Å²) in [5.41, 5.74) is 3.31. The molecule has 3 unspecified atom stereocenters. The lowest BCUT2D eigenvalue weighted by Crippen LogP contribution is -2.61. The van der Waals surface area contributed by atoms with E-state index < -0.39 is 0 Å². The highest BCUT2D eigenvalue weighted by atomic mass is 16.5. The van der Waals surface area contributed by atoms with Gasteiger partial charge in [-0.05, 0) is 72.4 Å². The molecule has 0 aromatic heterocycles. The van der Waals surface area contributed by atoms with E-state index in [4.69, 9.17) is 4.74 Å². The highest BCUT2D eigenvalue weighted by Gasteiger charge is 2.52. The van der Waals surface area contributed by atoms with Crippen molar-refractivity contribution in [2.75, 3.05) is 13.1 Å². The number of nitrogens with zero attached hydrogens (tertiary/aromatic N) is 1. The highest BCUT2D eigenvalue weighted by molar-refractivity contribution is 6.03. The van der Waals surface area contributed by atoms with Crippen LogP contribution in [0.1, 0.15) is 54.6 Å². The van der Waals surface area contributed by atoms with E-state index in [9.17, 15) is 4.79 Å². The molecule has 0 radical (unpaired) electrons. The first-order valence-corrected chi connectivity index (χ1v) is 10.7. The topological polar surface area (TPSA) is 29.5 Å². The number of piperidine rings is 1. The summed E-state index contributed by atoms with van der Waals surface area (Å²) in [5, 5.41) is 0. The van der Waals surface area contributed by atoms with Crippen LogP contribution in [0, 0.1) is 11.8 Å². The number of carbonyl (C=O) groups excluding carboxylic acids is 1. The zero-order chi connectivity index (χ0) is 19.3. The Bertz CT molecular complexity index is 889. The predicted molar refractivity (Wildman–Crippen MR) is 111 cm³/mol. The van der Waals surface area contributed by atoms with Crippen molar-refractivity contribution < 1.29 is 9.53 Å². The van der Waals surface area contributed by atoms with Crippen LogP contribution >= 0.6 is 0 Å². The fourth-order valence-electron chi connectivity index (χ4n) is 5.22. The van der Waals surface area contributed by atoms with E-state index in [1.165, 1.54) is 18.4 Å². The summed E-state index contributed by atoms with van der Waals surface area (Å²) in [7, 11) is 0. The number of hydrogen-bond acceptors (Lipinski definition) is 3. The third kappa shape index (κ3) is 2.97. The van der Waals surface area contributed by atoms with Crippen LogP contribution in [0.15, 0.2) is 48.5 Å². The molecule has 1 aliphatic heterocycles. The number of benzene rings is 2. The van der Waals surface area contributed by atoms with Crippen LogP contribution in [-0.2, 0) is 12.0 Å². The van der Waals surface area contributed by atoms with E-state index in [1.807, 2.05) is 30.3 Å². The van der Waals surface area contributed by atoms with Crippen LogP contribution in [0.4, 0.5) is 0 Å². The first kappa shape index (κ1) is 17.9. The summed E-state index contributed by atoms with van der Waals surface area (Å²) in [6.07, 6.45) is 3.78. The van der Waals surface area contributed by atoms with Gasteiger partial charge in [0, 0.05) is 12.1 Å². The number of Topliss-reactive ketones (excluding diaryl/α,β-unsaturated/α-hetero) is 1. The van der Waals surface area contributed by atoms with Crippen LogP contribution in [-0.4, -0.2) is 29.8 Å². The molecule has 2 aliphatic carbocycles. The average Bonchev–Trinajstić information content (AvgIpc) is 3.53. The molecule has 28 heavy (non-hydrogen) atoms. The molecule has 3 atom stereocenters. The SMILES string of the molecule is CC1C2C(=O)c3ccc(OCc4ccccc4)cc3C1(C)CCN2CC1CC1. The van der Waals surface area contributed by atoms with Crippen molar-refractivity contribution in [3.63, 3.8) is 0 Å². The van der Waals surface area contributed by atoms with Crippen LogP contribution < -0.4 is 4.74 Å². The summed E-state index contributed by atoms with van der Waals surface area (Å²) in [6.45, 7) is 7.32. The minimum absolute atomic E-state index is 0.0417. The molecular weight excluding hydrogens is 346 g/mol. The smallest absolute Gasteiger partial charge is 0.180 e. The second-order valence-corrected chi connectivity index (χ2v) is 9.19. The molecule has 2 fully saturated rings. The van der Waals surface area contributed by atoms with Gasteiger partial charge in [0.2, 0.25) is 0 Å². The van der Waals surface area contributed by atoms with Crippen molar-refractivity contribution in [1.82, 2.24) is 4.90 Å². The summed E-state index contributed by atoms with van der Waals surface area (Å²) >= 11 is 0. The second kappa shape index (κ2) is 6.73. The Morgan fingerprint density at radius 1 is 1.14 bits per heavy atom. The van der Waals surface area contributed by atoms with E-state index in [2.05, 4.69) is 36.9 Å². The molecule has 146 valence electrons. The fourth-order valence-corrected chi connectivity index (χ4v) is 5.22. The Kier molecular flexibility index (Phi) is 4.31. The lowest BCUT2D eigenvalue weighted by molar-refractivity contribution is 0.0265. The van der Waals surface area contributed by atoms with Gasteiger partial charge < -0.3 is 4.74 Å². The number of ketones is 1. The van der Waals surface area contributed by atoms with Crippen molar-refractivity contribution in [3.8, 4) is 5.75 Å². The van der Waals surface area contributed by atoms with Crippen LogP contribution in [0.5, 0.6) is 5.75 Å². The Balaban J connectivity index is 1.43. The van der Waals surface area contributed by atoms with Gasteiger partial charge >= 0.3 is 0 Å². The summed E-state index contributed by atoms with van der Waals surface area (Å²) in [4.78, 5) is 15.9. The highest BCUT2D eigenvalue weighted by Crippen LogP contribution is 2.50. The monoisotopic (exact) mass is 375 g/mol. The lowest BCUT2D eigenvalue weighted by atomic mass is 9.58. The van der Waals surface area contributed by atoms with Gasteiger partial charge in [-0.25, -0.2) is 0 Å². The maximum Gasteiger partial charge on any atom is 0.180 e. The molecule has 3 aliphatic rings. The molecule has 0 amide bonds. The van der Waals surface area contributed by atoms with Crippen LogP contribution in [0.2, 0.25) is 0 Å². The van der Waals surface area contributed by atoms with Crippen molar-refractivity contribution in [1.29, 1.82) is 0 Å². The molecule has 1 heterocycles. The van der Waals surface area contributed by atoms with Crippen molar-refractivity contribution in [3.05, 3.63) is 65.2 Å². The van der Waals surface area contributed by atoms with Gasteiger partial charge in [0.05, 0.1) is 6.04 Å². The minimum Gasteiger partial charge on any atom is -0.489 e. The number of fused-ring (bicyclic) bond motifs is 4. The van der Waals surface area contributed by atoms with Gasteiger partial charge in [-0.3, -0.25) is 9.69 Å². The van der Waals surface area contributed by atoms with Gasteiger partial charge in [0.1, 0.15) is 12.4 Å². The van der Waals surface area contributed by atoms with Gasteiger partial charge in [-0.1, -0.05) is 44.2 Å². The third-order valence-corrected chi connectivity index (χ3v) is 7.37. The van der Waals surface area contributed by atoms with Crippen molar-refractivity contribution in [2.24, 2.45) is 11.8 Å². The number of rotatable bonds is 5. The quantitative estimate of drug-likeness (QED) is 0.749. The third-order valence-electron chi connectivity index (χ3n) is 7.37. The second-order valence-electron chi connectivity index (χ2n) is 9.19. The Morgan fingerprint density at radius 2 is 1.93 bits per heavy atom.